The van der Waals surface area contributed by atoms with Crippen molar-refractivity contribution < 1.29 is 9.53 Å². The van der Waals surface area contributed by atoms with Gasteiger partial charge in [-0.2, -0.15) is 0 Å². The van der Waals surface area contributed by atoms with Gasteiger partial charge in [0, 0.05) is 15.2 Å². The number of halogens is 3. The van der Waals surface area contributed by atoms with Crippen LogP contribution in [0.1, 0.15) is 13.8 Å². The normalized spacial score (nSPS) is 11.1. The number of ether oxygens (including phenoxy) is 1. The van der Waals surface area contributed by atoms with Crippen molar-refractivity contribution >= 4 is 50.7 Å². The molecule has 1 N–H and O–H groups in total. The molecule has 0 saturated carbocycles. The fourth-order valence-corrected chi connectivity index (χ4v) is 2.25. The first-order valence-corrected chi connectivity index (χ1v) is 8.04. The second kappa shape index (κ2) is 6.90. The quantitative estimate of drug-likeness (QED) is 0.727. The van der Waals surface area contributed by atoms with E-state index in [9.17, 15) is 4.79 Å². The molecule has 0 bridgehead atoms. The van der Waals surface area contributed by atoms with Crippen LogP contribution in [0.3, 0.4) is 0 Å². The van der Waals surface area contributed by atoms with Crippen molar-refractivity contribution in [3.8, 4) is 5.75 Å². The highest BCUT2D eigenvalue weighted by molar-refractivity contribution is 9.10. The molecule has 116 valence electrons. The number of amides is 1. The summed E-state index contributed by atoms with van der Waals surface area (Å²) in [6.07, 6.45) is 0. The van der Waals surface area contributed by atoms with Crippen LogP contribution in [0.2, 0.25) is 10.0 Å². The summed E-state index contributed by atoms with van der Waals surface area (Å²) in [7, 11) is 0. The monoisotopic (exact) mass is 401 g/mol. The molecule has 0 heterocycles. The highest BCUT2D eigenvalue weighted by Gasteiger charge is 2.30. The van der Waals surface area contributed by atoms with Gasteiger partial charge in [-0.25, -0.2) is 0 Å². The van der Waals surface area contributed by atoms with Crippen LogP contribution in [0, 0.1) is 0 Å². The van der Waals surface area contributed by atoms with E-state index in [0.29, 0.717) is 21.5 Å². The van der Waals surface area contributed by atoms with E-state index in [1.165, 1.54) is 0 Å². The van der Waals surface area contributed by atoms with Gasteiger partial charge in [-0.3, -0.25) is 4.79 Å². The average molecular weight is 403 g/mol. The first kappa shape index (κ1) is 17.1. The van der Waals surface area contributed by atoms with Crippen LogP contribution in [-0.4, -0.2) is 11.5 Å². The molecule has 2 aromatic carbocycles. The van der Waals surface area contributed by atoms with Crippen molar-refractivity contribution in [2.45, 2.75) is 19.4 Å². The van der Waals surface area contributed by atoms with Crippen molar-refractivity contribution in [2.24, 2.45) is 0 Å². The van der Waals surface area contributed by atoms with Gasteiger partial charge in [0.2, 0.25) is 0 Å². The van der Waals surface area contributed by atoms with Crippen LogP contribution in [0.15, 0.2) is 46.9 Å². The lowest BCUT2D eigenvalue weighted by molar-refractivity contribution is -0.128. The molecule has 1 amide bonds. The topological polar surface area (TPSA) is 38.3 Å². The molecule has 0 spiro atoms. The van der Waals surface area contributed by atoms with E-state index in [4.69, 9.17) is 27.9 Å². The molecule has 0 aliphatic rings. The summed E-state index contributed by atoms with van der Waals surface area (Å²) in [6.45, 7) is 3.38. The predicted molar refractivity (Wildman–Crippen MR) is 93.9 cm³/mol. The highest BCUT2D eigenvalue weighted by atomic mass is 79.9. The van der Waals surface area contributed by atoms with E-state index in [2.05, 4.69) is 21.2 Å². The standard InChI is InChI=1S/C16H14BrCl2NO2/c1-16(2,22-12-6-3-10(18)4-7-12)15(21)20-11-5-8-13(17)14(19)9-11/h3-9H,1-2H3,(H,20,21). The first-order chi connectivity index (χ1) is 10.3. The van der Waals surface area contributed by atoms with Crippen molar-refractivity contribution in [1.29, 1.82) is 0 Å². The minimum atomic E-state index is -1.05. The molecule has 0 saturated heterocycles. The molecular formula is C16H14BrCl2NO2. The van der Waals surface area contributed by atoms with E-state index in [0.717, 1.165) is 4.47 Å². The number of carbonyl (C=O) groups is 1. The van der Waals surface area contributed by atoms with Crippen molar-refractivity contribution in [2.75, 3.05) is 5.32 Å². The summed E-state index contributed by atoms with van der Waals surface area (Å²) in [4.78, 5) is 12.4. The summed E-state index contributed by atoms with van der Waals surface area (Å²) >= 11 is 15.1. The van der Waals surface area contributed by atoms with Crippen LogP contribution in [0.25, 0.3) is 0 Å². The zero-order valence-electron chi connectivity index (χ0n) is 12.0. The van der Waals surface area contributed by atoms with Crippen molar-refractivity contribution in [1.82, 2.24) is 0 Å². The van der Waals surface area contributed by atoms with Crippen LogP contribution in [0.5, 0.6) is 5.75 Å². The van der Waals surface area contributed by atoms with Crippen LogP contribution in [0.4, 0.5) is 5.69 Å². The zero-order valence-corrected chi connectivity index (χ0v) is 15.1. The van der Waals surface area contributed by atoms with Gasteiger partial charge in [0.05, 0.1) is 5.02 Å². The van der Waals surface area contributed by atoms with E-state index in [1.807, 2.05) is 0 Å². The van der Waals surface area contributed by atoms with Crippen molar-refractivity contribution in [3.05, 3.63) is 57.0 Å². The minimum absolute atomic E-state index is 0.277. The average Bonchev–Trinajstić information content (AvgIpc) is 2.45. The third-order valence-electron chi connectivity index (χ3n) is 2.91. The predicted octanol–water partition coefficient (Wildman–Crippen LogP) is 5.55. The Morgan fingerprint density at radius 3 is 2.36 bits per heavy atom. The molecule has 0 aliphatic carbocycles. The number of anilines is 1. The number of benzene rings is 2. The minimum Gasteiger partial charge on any atom is -0.478 e. The van der Waals surface area contributed by atoms with Gasteiger partial charge in [0.25, 0.3) is 5.91 Å². The lowest BCUT2D eigenvalue weighted by atomic mass is 10.1. The van der Waals surface area contributed by atoms with Gasteiger partial charge in [0.1, 0.15) is 5.75 Å². The Hall–Kier alpha value is -1.23. The van der Waals surface area contributed by atoms with Gasteiger partial charge >= 0.3 is 0 Å². The fourth-order valence-electron chi connectivity index (χ4n) is 1.70. The summed E-state index contributed by atoms with van der Waals surface area (Å²) in [5.74, 6) is 0.291. The second-order valence-electron chi connectivity index (χ2n) is 5.15. The van der Waals surface area contributed by atoms with Crippen LogP contribution in [-0.2, 0) is 4.79 Å². The molecule has 0 aromatic heterocycles. The Bertz CT molecular complexity index is 687. The molecule has 2 aromatic rings. The summed E-state index contributed by atoms with van der Waals surface area (Å²) < 4.78 is 6.50. The molecule has 2 rings (SSSR count). The Labute approximate surface area is 147 Å². The molecule has 3 nitrogen and oxygen atoms in total. The maximum Gasteiger partial charge on any atom is 0.267 e. The number of nitrogens with one attached hydrogen (secondary N) is 1. The number of carbonyl (C=O) groups excluding carboxylic acids is 1. The molecule has 0 radical (unpaired) electrons. The van der Waals surface area contributed by atoms with Gasteiger partial charge in [-0.15, -0.1) is 0 Å². The largest absolute Gasteiger partial charge is 0.478 e. The zero-order chi connectivity index (χ0) is 16.3. The molecule has 0 unspecified atom stereocenters. The molecular weight excluding hydrogens is 389 g/mol. The third-order valence-corrected chi connectivity index (χ3v) is 4.40. The van der Waals surface area contributed by atoms with Gasteiger partial charge in [0.15, 0.2) is 5.60 Å². The fraction of sp³-hybridized carbons (Fsp3) is 0.188. The number of hydrogen-bond donors (Lipinski definition) is 1. The smallest absolute Gasteiger partial charge is 0.267 e. The van der Waals surface area contributed by atoms with Crippen LogP contribution >= 0.6 is 39.1 Å². The van der Waals surface area contributed by atoms with Crippen molar-refractivity contribution in [3.63, 3.8) is 0 Å². The Kier molecular flexibility index (Phi) is 5.37. The second-order valence-corrected chi connectivity index (χ2v) is 6.85. The molecule has 0 atom stereocenters. The van der Waals surface area contributed by atoms with Gasteiger partial charge < -0.3 is 10.1 Å². The Balaban J connectivity index is 2.09. The van der Waals surface area contributed by atoms with E-state index in [1.54, 1.807) is 56.3 Å². The van der Waals surface area contributed by atoms with E-state index >= 15 is 0 Å². The molecule has 6 heteroatoms. The lowest BCUT2D eigenvalue weighted by Gasteiger charge is -2.25. The number of hydrogen-bond acceptors (Lipinski definition) is 2. The molecule has 0 aliphatic heterocycles. The molecule has 0 fully saturated rings. The summed E-state index contributed by atoms with van der Waals surface area (Å²) in [6, 6.07) is 12.0. The SMILES string of the molecule is CC(C)(Oc1ccc(Cl)cc1)C(=O)Nc1ccc(Br)c(Cl)c1. The summed E-state index contributed by atoms with van der Waals surface area (Å²) in [5, 5.41) is 3.92. The summed E-state index contributed by atoms with van der Waals surface area (Å²) in [5.41, 5.74) is -0.445. The highest BCUT2D eigenvalue weighted by Crippen LogP contribution is 2.27. The first-order valence-electron chi connectivity index (χ1n) is 6.49. The lowest BCUT2D eigenvalue weighted by Crippen LogP contribution is -2.42. The molecule has 22 heavy (non-hydrogen) atoms. The Morgan fingerprint density at radius 2 is 1.77 bits per heavy atom. The number of rotatable bonds is 4. The maximum absolute atomic E-state index is 12.4. The third kappa shape index (κ3) is 4.38. The van der Waals surface area contributed by atoms with Gasteiger partial charge in [-0.05, 0) is 72.2 Å². The Morgan fingerprint density at radius 1 is 1.14 bits per heavy atom. The van der Waals surface area contributed by atoms with Gasteiger partial charge in [-0.1, -0.05) is 23.2 Å². The van der Waals surface area contributed by atoms with Crippen LogP contribution < -0.4 is 10.1 Å². The maximum atomic E-state index is 12.4. The van der Waals surface area contributed by atoms with E-state index < -0.39 is 5.60 Å². The van der Waals surface area contributed by atoms with E-state index in [-0.39, 0.29) is 5.91 Å².